The third-order valence-corrected chi connectivity index (χ3v) is 8.09. The number of benzene rings is 2. The van der Waals surface area contributed by atoms with Gasteiger partial charge in [0.2, 0.25) is 0 Å². The first-order chi connectivity index (χ1) is 16.0. The van der Waals surface area contributed by atoms with Crippen LogP contribution in [0.1, 0.15) is 12.8 Å². The van der Waals surface area contributed by atoms with Gasteiger partial charge in [0, 0.05) is 0 Å². The predicted molar refractivity (Wildman–Crippen MR) is 108 cm³/mol. The minimum Gasteiger partial charge on any atom is 1.00 e. The smallest absolute Gasteiger partial charge is 1.00 e. The minimum atomic E-state index is -6.56. The standard InChI is InChI=1S/C20H17F8O5STe.2Na/c21-17(22)18(23,24)9-11-32-13-1-5-15(6-2-13)35-16-7-3-14(4-8-16)33-12-10-19(25,26)20(27,28)34(29,30)31;;/h1-8H,9-12H2,(H,29,30,31);;/q-1;2*+1/p-1. The van der Waals surface area contributed by atoms with Crippen molar-refractivity contribution in [1.29, 1.82) is 0 Å². The average molecular weight is 694 g/mol. The molecule has 0 radical (unpaired) electrons. The van der Waals surface area contributed by atoms with E-state index in [1.165, 1.54) is 24.3 Å². The molecular weight excluding hydrogens is 678 g/mol. The Bertz CT molecular complexity index is 1080. The molecule has 0 unspecified atom stereocenters. The molecule has 0 bridgehead atoms. The fourth-order valence-corrected chi connectivity index (χ4v) is 5.16. The van der Waals surface area contributed by atoms with Crippen LogP contribution in [0.15, 0.2) is 48.5 Å². The van der Waals surface area contributed by atoms with Gasteiger partial charge in [0.05, 0.1) is 0 Å². The molecule has 2 rings (SSSR count). The Labute approximate surface area is 262 Å². The van der Waals surface area contributed by atoms with Gasteiger partial charge in [-0.15, -0.1) is 0 Å². The largest absolute Gasteiger partial charge is 1.00 e. The number of rotatable bonds is 13. The van der Waals surface area contributed by atoms with Gasteiger partial charge in [-0.1, -0.05) is 0 Å². The Balaban J connectivity index is 0.00000648. The minimum absolute atomic E-state index is 0. The molecule has 0 aliphatic carbocycles. The van der Waals surface area contributed by atoms with Crippen molar-refractivity contribution in [3.63, 3.8) is 0 Å². The molecule has 0 saturated carbocycles. The van der Waals surface area contributed by atoms with Crippen LogP contribution < -0.4 is 75.8 Å². The van der Waals surface area contributed by atoms with Crippen molar-refractivity contribution in [2.24, 2.45) is 0 Å². The molecule has 0 fully saturated rings. The van der Waals surface area contributed by atoms with Crippen LogP contribution in [-0.2, 0) is 10.1 Å². The third-order valence-electron chi connectivity index (χ3n) is 4.27. The molecule has 2 aromatic rings. The summed E-state index contributed by atoms with van der Waals surface area (Å²) < 4.78 is 145. The van der Waals surface area contributed by atoms with Crippen molar-refractivity contribution in [3.05, 3.63) is 55.0 Å². The zero-order chi connectivity index (χ0) is 26.5. The summed E-state index contributed by atoms with van der Waals surface area (Å²) in [6.07, 6.45) is -5.85. The number of ether oxygens (including phenoxy) is 2. The van der Waals surface area contributed by atoms with E-state index in [1.807, 2.05) is 0 Å². The van der Waals surface area contributed by atoms with Gasteiger partial charge in [0.15, 0.2) is 0 Å². The SMILES string of the molecule is O=S(=O)([O-])C(F)(F)C(F)(F)CCOc1ccc([Te]c2ccc(OCCC(F)(F)[C-](F)F)cc2)cc1.[Na+].[Na+]. The van der Waals surface area contributed by atoms with E-state index < -0.39 is 80.6 Å². The van der Waals surface area contributed by atoms with Gasteiger partial charge >= 0.3 is 265 Å². The molecule has 0 atom stereocenters. The van der Waals surface area contributed by atoms with E-state index in [4.69, 9.17) is 9.47 Å². The Hall–Kier alpha value is 0.180. The fourth-order valence-electron chi connectivity index (χ4n) is 2.36. The molecule has 2 aromatic carbocycles. The van der Waals surface area contributed by atoms with E-state index >= 15 is 0 Å². The fraction of sp³-hybridized carbons (Fsp3) is 0.350. The molecule has 37 heavy (non-hydrogen) atoms. The predicted octanol–water partition coefficient (Wildman–Crippen LogP) is -2.28. The Morgan fingerprint density at radius 2 is 1.14 bits per heavy atom. The normalized spacial score (nSPS) is 12.5. The zero-order valence-electron chi connectivity index (χ0n) is 19.3. The van der Waals surface area contributed by atoms with Crippen molar-refractivity contribution >= 4 is 38.3 Å². The molecule has 196 valence electrons. The molecule has 0 aromatic heterocycles. The van der Waals surface area contributed by atoms with Gasteiger partial charge in [-0.05, 0) is 0 Å². The van der Waals surface area contributed by atoms with Gasteiger partial charge < -0.3 is 0 Å². The molecule has 0 spiro atoms. The first kappa shape index (κ1) is 37.2. The van der Waals surface area contributed by atoms with Gasteiger partial charge in [0.1, 0.15) is 0 Å². The number of hydrogen-bond donors (Lipinski definition) is 0. The second kappa shape index (κ2) is 15.3. The van der Waals surface area contributed by atoms with Crippen LogP contribution in [0.4, 0.5) is 35.1 Å². The summed E-state index contributed by atoms with van der Waals surface area (Å²) in [6, 6.07) is 12.3. The van der Waals surface area contributed by atoms with Crippen LogP contribution in [0, 0.1) is 6.43 Å². The summed E-state index contributed by atoms with van der Waals surface area (Å²) in [5, 5.41) is -5.77. The summed E-state index contributed by atoms with van der Waals surface area (Å²) in [7, 11) is -6.56. The Morgan fingerprint density at radius 1 is 0.757 bits per heavy atom. The maximum atomic E-state index is 13.4. The maximum Gasteiger partial charge on any atom is 1.00 e. The second-order valence-corrected chi connectivity index (χ2v) is 11.6. The summed E-state index contributed by atoms with van der Waals surface area (Å²) in [4.78, 5) is 0. The zero-order valence-corrected chi connectivity index (χ0v) is 26.5. The molecule has 0 aliphatic heterocycles. The third kappa shape index (κ3) is 10.9. The van der Waals surface area contributed by atoms with Crippen LogP contribution in [0.5, 0.6) is 11.5 Å². The topological polar surface area (TPSA) is 75.7 Å². The van der Waals surface area contributed by atoms with Gasteiger partial charge in [-0.2, -0.15) is 0 Å². The van der Waals surface area contributed by atoms with Crippen molar-refractivity contribution in [2.75, 3.05) is 13.2 Å². The van der Waals surface area contributed by atoms with Crippen LogP contribution in [0.2, 0.25) is 0 Å². The molecule has 0 heterocycles. The van der Waals surface area contributed by atoms with Crippen LogP contribution in [0.25, 0.3) is 0 Å². The number of halogens is 8. The van der Waals surface area contributed by atoms with E-state index in [-0.39, 0.29) is 70.6 Å². The van der Waals surface area contributed by atoms with Crippen molar-refractivity contribution in [2.45, 2.75) is 29.9 Å². The van der Waals surface area contributed by atoms with Crippen LogP contribution in [0.3, 0.4) is 0 Å². The summed E-state index contributed by atoms with van der Waals surface area (Å²) >= 11 is -0.958. The van der Waals surface area contributed by atoms with E-state index in [1.54, 1.807) is 24.3 Å². The molecule has 0 aliphatic rings. The second-order valence-electron chi connectivity index (χ2n) is 6.88. The molecule has 0 amide bonds. The molecule has 0 saturated heterocycles. The summed E-state index contributed by atoms with van der Waals surface area (Å²) in [5.41, 5.74) is 0. The van der Waals surface area contributed by atoms with E-state index in [9.17, 15) is 48.1 Å². The molecule has 5 nitrogen and oxygen atoms in total. The van der Waals surface area contributed by atoms with E-state index in [0.29, 0.717) is 0 Å². The van der Waals surface area contributed by atoms with Crippen molar-refractivity contribution in [1.82, 2.24) is 0 Å². The Kier molecular flexibility index (Phi) is 15.3. The van der Waals surface area contributed by atoms with Crippen LogP contribution in [-0.4, -0.2) is 64.2 Å². The number of alkyl halides is 6. The maximum absolute atomic E-state index is 13.4. The van der Waals surface area contributed by atoms with E-state index in [0.717, 1.165) is 7.22 Å². The van der Waals surface area contributed by atoms with E-state index in [2.05, 4.69) is 0 Å². The molecular formula is C20H16F8Na2O5STe. The first-order valence-corrected chi connectivity index (χ1v) is 13.2. The summed E-state index contributed by atoms with van der Waals surface area (Å²) in [6.45, 7) is -1.59. The van der Waals surface area contributed by atoms with Crippen molar-refractivity contribution < 1.29 is 117 Å². The summed E-state index contributed by atoms with van der Waals surface area (Å²) in [5.74, 6) is -9.07. The Morgan fingerprint density at radius 3 is 1.49 bits per heavy atom. The van der Waals surface area contributed by atoms with Crippen LogP contribution >= 0.6 is 0 Å². The average Bonchev–Trinajstić information content (AvgIpc) is 2.75. The van der Waals surface area contributed by atoms with Gasteiger partial charge in [0.25, 0.3) is 0 Å². The van der Waals surface area contributed by atoms with Gasteiger partial charge in [-0.25, -0.2) is 0 Å². The number of hydrogen-bond acceptors (Lipinski definition) is 5. The monoisotopic (exact) mass is 696 g/mol. The van der Waals surface area contributed by atoms with Crippen molar-refractivity contribution in [3.8, 4) is 11.5 Å². The quantitative estimate of drug-likeness (QED) is 0.103. The first-order valence-electron chi connectivity index (χ1n) is 9.46. The van der Waals surface area contributed by atoms with Gasteiger partial charge in [-0.3, -0.25) is 0 Å². The molecule has 0 N–H and O–H groups in total. The molecule has 17 heteroatoms.